The zero-order valence-electron chi connectivity index (χ0n) is 10.5. The van der Waals surface area contributed by atoms with Crippen LogP contribution in [0.1, 0.15) is 36.0 Å². The van der Waals surface area contributed by atoms with Crippen molar-refractivity contribution in [2.75, 3.05) is 7.11 Å². The summed E-state index contributed by atoms with van der Waals surface area (Å²) in [6.07, 6.45) is 2.55. The van der Waals surface area contributed by atoms with Crippen LogP contribution in [0.2, 0.25) is 0 Å². The molecule has 1 saturated carbocycles. The number of benzene rings is 1. The molecule has 0 radical (unpaired) electrons. The van der Waals surface area contributed by atoms with Gasteiger partial charge in [-0.1, -0.05) is 6.42 Å². The number of rotatable bonds is 3. The van der Waals surface area contributed by atoms with Crippen LogP contribution in [0.25, 0.3) is 0 Å². The van der Waals surface area contributed by atoms with Crippen molar-refractivity contribution in [2.45, 2.75) is 37.9 Å². The molecule has 2 atom stereocenters. The highest BCUT2D eigenvalue weighted by Crippen LogP contribution is 2.22. The van der Waals surface area contributed by atoms with Crippen LogP contribution in [0.5, 0.6) is 5.75 Å². The quantitative estimate of drug-likeness (QED) is 0.835. The third-order valence-electron chi connectivity index (χ3n) is 3.25. The molecular formula is C14H18O4. The first kappa shape index (κ1) is 12.9. The van der Waals surface area contributed by atoms with E-state index in [1.807, 2.05) is 0 Å². The minimum Gasteiger partial charge on any atom is -0.497 e. The van der Waals surface area contributed by atoms with Crippen molar-refractivity contribution in [3.63, 3.8) is 0 Å². The maximum atomic E-state index is 11.9. The van der Waals surface area contributed by atoms with Gasteiger partial charge in [0.2, 0.25) is 0 Å². The van der Waals surface area contributed by atoms with Gasteiger partial charge in [-0.25, -0.2) is 4.79 Å². The van der Waals surface area contributed by atoms with Crippen molar-refractivity contribution < 1.29 is 19.4 Å². The van der Waals surface area contributed by atoms with E-state index < -0.39 is 6.10 Å². The van der Waals surface area contributed by atoms with Crippen molar-refractivity contribution in [3.8, 4) is 5.75 Å². The van der Waals surface area contributed by atoms with Gasteiger partial charge < -0.3 is 14.6 Å². The number of aliphatic hydroxyl groups excluding tert-OH is 1. The van der Waals surface area contributed by atoms with Crippen LogP contribution in [0, 0.1) is 0 Å². The lowest BCUT2D eigenvalue weighted by molar-refractivity contribution is -0.0360. The van der Waals surface area contributed by atoms with E-state index in [4.69, 9.17) is 9.47 Å². The molecule has 0 aromatic heterocycles. The third kappa shape index (κ3) is 3.01. The zero-order chi connectivity index (χ0) is 13.0. The van der Waals surface area contributed by atoms with Gasteiger partial charge >= 0.3 is 5.97 Å². The summed E-state index contributed by atoms with van der Waals surface area (Å²) < 4.78 is 10.4. The minimum absolute atomic E-state index is 0.367. The molecule has 98 valence electrons. The summed E-state index contributed by atoms with van der Waals surface area (Å²) in [4.78, 5) is 11.9. The Bertz CT molecular complexity index is 399. The fourth-order valence-electron chi connectivity index (χ4n) is 2.15. The van der Waals surface area contributed by atoms with E-state index in [0.29, 0.717) is 17.7 Å². The van der Waals surface area contributed by atoms with E-state index in [0.717, 1.165) is 19.3 Å². The summed E-state index contributed by atoms with van der Waals surface area (Å²) in [7, 11) is 1.58. The summed E-state index contributed by atoms with van der Waals surface area (Å²) in [6.45, 7) is 0. The standard InChI is InChI=1S/C14H18O4/c1-17-11-8-6-10(7-9-11)14(16)18-13-5-3-2-4-12(13)15/h6-9,12-13,15H,2-5H2,1H3/t12-,13+/m1/s1. The molecule has 0 saturated heterocycles. The van der Waals surface area contributed by atoms with Gasteiger partial charge in [0.1, 0.15) is 11.9 Å². The van der Waals surface area contributed by atoms with E-state index in [2.05, 4.69) is 0 Å². The van der Waals surface area contributed by atoms with E-state index in [1.165, 1.54) is 0 Å². The predicted octanol–water partition coefficient (Wildman–Crippen LogP) is 2.16. The van der Waals surface area contributed by atoms with Gasteiger partial charge in [-0.2, -0.15) is 0 Å². The average molecular weight is 250 g/mol. The average Bonchev–Trinajstić information content (AvgIpc) is 2.41. The van der Waals surface area contributed by atoms with E-state index in [-0.39, 0.29) is 12.1 Å². The predicted molar refractivity (Wildman–Crippen MR) is 66.7 cm³/mol. The van der Waals surface area contributed by atoms with Crippen LogP contribution in [0.15, 0.2) is 24.3 Å². The Morgan fingerprint density at radius 2 is 1.89 bits per heavy atom. The Morgan fingerprint density at radius 1 is 1.22 bits per heavy atom. The largest absolute Gasteiger partial charge is 0.497 e. The highest BCUT2D eigenvalue weighted by Gasteiger charge is 2.26. The molecule has 4 nitrogen and oxygen atoms in total. The van der Waals surface area contributed by atoms with Crippen LogP contribution in [-0.4, -0.2) is 30.4 Å². The summed E-state index contributed by atoms with van der Waals surface area (Å²) in [6, 6.07) is 6.76. The second kappa shape index (κ2) is 5.87. The highest BCUT2D eigenvalue weighted by molar-refractivity contribution is 5.89. The lowest BCUT2D eigenvalue weighted by Gasteiger charge is -2.27. The van der Waals surface area contributed by atoms with Gasteiger partial charge in [0.25, 0.3) is 0 Å². The van der Waals surface area contributed by atoms with Crippen LogP contribution in [0.3, 0.4) is 0 Å². The lowest BCUT2D eigenvalue weighted by atomic mass is 9.95. The molecule has 0 aliphatic heterocycles. The molecule has 0 bridgehead atoms. The maximum absolute atomic E-state index is 11.9. The molecule has 0 unspecified atom stereocenters. The molecular weight excluding hydrogens is 232 g/mol. The molecule has 2 rings (SSSR count). The van der Waals surface area contributed by atoms with Crippen molar-refractivity contribution in [3.05, 3.63) is 29.8 Å². The van der Waals surface area contributed by atoms with Gasteiger partial charge in [-0.15, -0.1) is 0 Å². The minimum atomic E-state index is -0.527. The van der Waals surface area contributed by atoms with Crippen molar-refractivity contribution in [1.29, 1.82) is 0 Å². The fourth-order valence-corrected chi connectivity index (χ4v) is 2.15. The fraction of sp³-hybridized carbons (Fsp3) is 0.500. The highest BCUT2D eigenvalue weighted by atomic mass is 16.6. The summed E-state index contributed by atoms with van der Waals surface area (Å²) in [5.74, 6) is 0.313. The van der Waals surface area contributed by atoms with Gasteiger partial charge in [-0.05, 0) is 43.5 Å². The van der Waals surface area contributed by atoms with Crippen molar-refractivity contribution >= 4 is 5.97 Å². The van der Waals surface area contributed by atoms with E-state index in [9.17, 15) is 9.90 Å². The Balaban J connectivity index is 1.97. The molecule has 1 aromatic rings. The Hall–Kier alpha value is -1.55. The molecule has 1 fully saturated rings. The van der Waals surface area contributed by atoms with Crippen LogP contribution in [-0.2, 0) is 4.74 Å². The lowest BCUT2D eigenvalue weighted by Crippen LogP contribution is -2.34. The molecule has 18 heavy (non-hydrogen) atoms. The molecule has 4 heteroatoms. The number of esters is 1. The smallest absolute Gasteiger partial charge is 0.338 e. The molecule has 1 aliphatic rings. The molecule has 0 amide bonds. The summed E-state index contributed by atoms with van der Waals surface area (Å²) in [5, 5.41) is 9.75. The molecule has 0 spiro atoms. The second-order valence-corrected chi connectivity index (χ2v) is 4.52. The summed E-state index contributed by atoms with van der Waals surface area (Å²) in [5.41, 5.74) is 0.480. The van der Waals surface area contributed by atoms with Gasteiger partial charge in [0.05, 0.1) is 18.8 Å². The number of aliphatic hydroxyl groups is 1. The topological polar surface area (TPSA) is 55.8 Å². The third-order valence-corrected chi connectivity index (χ3v) is 3.25. The zero-order valence-corrected chi connectivity index (χ0v) is 10.5. The molecule has 1 aliphatic carbocycles. The van der Waals surface area contributed by atoms with Gasteiger partial charge in [0, 0.05) is 0 Å². The molecule has 1 N–H and O–H groups in total. The molecule has 0 heterocycles. The number of methoxy groups -OCH3 is 1. The van der Waals surface area contributed by atoms with Crippen molar-refractivity contribution in [1.82, 2.24) is 0 Å². The Morgan fingerprint density at radius 3 is 2.50 bits per heavy atom. The number of hydrogen-bond acceptors (Lipinski definition) is 4. The number of carbonyl (C=O) groups is 1. The Kier molecular flexibility index (Phi) is 4.20. The number of carbonyl (C=O) groups excluding carboxylic acids is 1. The number of ether oxygens (including phenoxy) is 2. The first-order valence-electron chi connectivity index (χ1n) is 6.24. The van der Waals surface area contributed by atoms with Crippen LogP contribution >= 0.6 is 0 Å². The van der Waals surface area contributed by atoms with Crippen LogP contribution in [0.4, 0.5) is 0 Å². The van der Waals surface area contributed by atoms with E-state index >= 15 is 0 Å². The summed E-state index contributed by atoms with van der Waals surface area (Å²) >= 11 is 0. The maximum Gasteiger partial charge on any atom is 0.338 e. The van der Waals surface area contributed by atoms with Gasteiger partial charge in [0.15, 0.2) is 0 Å². The van der Waals surface area contributed by atoms with Crippen molar-refractivity contribution in [2.24, 2.45) is 0 Å². The normalized spacial score (nSPS) is 23.4. The van der Waals surface area contributed by atoms with E-state index in [1.54, 1.807) is 31.4 Å². The first-order valence-corrected chi connectivity index (χ1v) is 6.24. The van der Waals surface area contributed by atoms with Crippen LogP contribution < -0.4 is 4.74 Å². The van der Waals surface area contributed by atoms with Gasteiger partial charge in [-0.3, -0.25) is 0 Å². The first-order chi connectivity index (χ1) is 8.70. The SMILES string of the molecule is COc1ccc(C(=O)O[C@H]2CCCC[C@H]2O)cc1. The Labute approximate surface area is 107 Å². The molecule has 1 aromatic carbocycles. The monoisotopic (exact) mass is 250 g/mol. The number of hydrogen-bond donors (Lipinski definition) is 1. The second-order valence-electron chi connectivity index (χ2n) is 4.52.